The third-order valence-electron chi connectivity index (χ3n) is 5.76. The summed E-state index contributed by atoms with van der Waals surface area (Å²) in [5, 5.41) is 9.56. The van der Waals surface area contributed by atoms with E-state index < -0.39 is 6.09 Å². The van der Waals surface area contributed by atoms with E-state index in [0.29, 0.717) is 26.1 Å². The van der Waals surface area contributed by atoms with Gasteiger partial charge in [0, 0.05) is 32.0 Å². The fraction of sp³-hybridized carbons (Fsp3) is 0.417. The van der Waals surface area contributed by atoms with E-state index in [1.807, 2.05) is 62.1 Å². The Kier molecular flexibility index (Phi) is 6.26. The van der Waals surface area contributed by atoms with Crippen molar-refractivity contribution in [1.29, 1.82) is 0 Å². The van der Waals surface area contributed by atoms with Crippen LogP contribution in [0.4, 0.5) is 4.79 Å². The fourth-order valence-electron chi connectivity index (χ4n) is 4.08. The lowest BCUT2D eigenvalue weighted by molar-refractivity contribution is -0.135. The quantitative estimate of drug-likeness (QED) is 0.834. The average molecular weight is 395 g/mol. The first-order valence-electron chi connectivity index (χ1n) is 10.1. The molecule has 2 aromatic rings. The second-order valence-corrected chi connectivity index (χ2v) is 8.78. The SMILES string of the molecule is CC(C)(C)C1CN(C(=O)CC(c2ccccc2)c2ccccc2)CCN1C(=O)O. The van der Waals surface area contributed by atoms with Gasteiger partial charge >= 0.3 is 6.09 Å². The van der Waals surface area contributed by atoms with Gasteiger partial charge in [-0.05, 0) is 16.5 Å². The summed E-state index contributed by atoms with van der Waals surface area (Å²) in [6.45, 7) is 7.30. The van der Waals surface area contributed by atoms with Gasteiger partial charge in [-0.25, -0.2) is 4.79 Å². The van der Waals surface area contributed by atoms with Gasteiger partial charge in [0.05, 0.1) is 6.04 Å². The van der Waals surface area contributed by atoms with Crippen molar-refractivity contribution in [3.05, 3.63) is 71.8 Å². The maximum absolute atomic E-state index is 13.3. The molecule has 1 fully saturated rings. The van der Waals surface area contributed by atoms with Gasteiger partial charge in [-0.3, -0.25) is 4.79 Å². The minimum absolute atomic E-state index is 0.0181. The second-order valence-electron chi connectivity index (χ2n) is 8.78. The van der Waals surface area contributed by atoms with Gasteiger partial charge in [0.15, 0.2) is 0 Å². The van der Waals surface area contributed by atoms with Crippen LogP contribution in [0.15, 0.2) is 60.7 Å². The zero-order valence-electron chi connectivity index (χ0n) is 17.4. The van der Waals surface area contributed by atoms with Gasteiger partial charge in [-0.15, -0.1) is 0 Å². The van der Waals surface area contributed by atoms with E-state index >= 15 is 0 Å². The number of benzene rings is 2. The molecule has 2 amide bonds. The average Bonchev–Trinajstić information content (AvgIpc) is 2.72. The maximum Gasteiger partial charge on any atom is 0.407 e. The third-order valence-corrected chi connectivity index (χ3v) is 5.76. The molecule has 0 spiro atoms. The topological polar surface area (TPSA) is 60.9 Å². The molecule has 0 aromatic heterocycles. The Hall–Kier alpha value is -2.82. The highest BCUT2D eigenvalue weighted by Gasteiger charge is 2.39. The lowest BCUT2D eigenvalue weighted by Gasteiger charge is -2.46. The Balaban J connectivity index is 1.80. The van der Waals surface area contributed by atoms with Crippen molar-refractivity contribution in [3.63, 3.8) is 0 Å². The number of piperazine rings is 1. The summed E-state index contributed by atoms with van der Waals surface area (Å²) < 4.78 is 0. The Morgan fingerprint density at radius 2 is 1.48 bits per heavy atom. The molecule has 1 heterocycles. The van der Waals surface area contributed by atoms with Crippen LogP contribution in [-0.4, -0.2) is 52.6 Å². The summed E-state index contributed by atoms with van der Waals surface area (Å²) in [5.74, 6) is 0.0532. The monoisotopic (exact) mass is 394 g/mol. The van der Waals surface area contributed by atoms with Crippen molar-refractivity contribution in [2.45, 2.75) is 39.2 Å². The third kappa shape index (κ3) is 4.97. The van der Waals surface area contributed by atoms with Gasteiger partial charge in [-0.2, -0.15) is 0 Å². The van der Waals surface area contributed by atoms with Crippen LogP contribution in [0.3, 0.4) is 0 Å². The van der Waals surface area contributed by atoms with E-state index in [4.69, 9.17) is 0 Å². The van der Waals surface area contributed by atoms with Crippen molar-refractivity contribution in [2.24, 2.45) is 5.41 Å². The number of hydrogen-bond acceptors (Lipinski definition) is 2. The molecule has 0 bridgehead atoms. The van der Waals surface area contributed by atoms with Crippen molar-refractivity contribution >= 4 is 12.0 Å². The minimum atomic E-state index is -0.913. The van der Waals surface area contributed by atoms with Gasteiger partial charge in [0.25, 0.3) is 0 Å². The van der Waals surface area contributed by atoms with Gasteiger partial charge in [0.2, 0.25) is 5.91 Å². The predicted molar refractivity (Wildman–Crippen MR) is 114 cm³/mol. The molecule has 1 aliphatic rings. The highest BCUT2D eigenvalue weighted by Crippen LogP contribution is 2.31. The first-order chi connectivity index (χ1) is 13.8. The van der Waals surface area contributed by atoms with Gasteiger partial charge < -0.3 is 14.9 Å². The zero-order valence-corrected chi connectivity index (χ0v) is 17.4. The molecule has 0 radical (unpaired) electrons. The molecule has 1 aliphatic heterocycles. The van der Waals surface area contributed by atoms with E-state index in [2.05, 4.69) is 24.3 Å². The van der Waals surface area contributed by atoms with Crippen molar-refractivity contribution in [2.75, 3.05) is 19.6 Å². The van der Waals surface area contributed by atoms with E-state index in [1.54, 1.807) is 0 Å². The van der Waals surface area contributed by atoms with E-state index in [1.165, 1.54) is 4.90 Å². The molecule has 1 unspecified atom stereocenters. The molecule has 1 atom stereocenters. The lowest BCUT2D eigenvalue weighted by Crippen LogP contribution is -2.60. The summed E-state index contributed by atoms with van der Waals surface area (Å²) in [7, 11) is 0. The van der Waals surface area contributed by atoms with Crippen LogP contribution < -0.4 is 0 Å². The van der Waals surface area contributed by atoms with Gasteiger partial charge in [0.1, 0.15) is 0 Å². The Labute approximate surface area is 172 Å². The van der Waals surface area contributed by atoms with Gasteiger partial charge in [-0.1, -0.05) is 81.4 Å². The number of nitrogens with zero attached hydrogens (tertiary/aromatic N) is 2. The molecule has 1 saturated heterocycles. The highest BCUT2D eigenvalue weighted by atomic mass is 16.4. The number of rotatable bonds is 4. The summed E-state index contributed by atoms with van der Waals surface area (Å²) in [5.41, 5.74) is 1.99. The molecule has 2 aromatic carbocycles. The Morgan fingerprint density at radius 1 is 0.966 bits per heavy atom. The number of hydrogen-bond donors (Lipinski definition) is 1. The maximum atomic E-state index is 13.3. The van der Waals surface area contributed by atoms with Crippen LogP contribution in [-0.2, 0) is 4.79 Å². The largest absolute Gasteiger partial charge is 0.465 e. The zero-order chi connectivity index (χ0) is 21.0. The molecule has 0 aliphatic carbocycles. The van der Waals surface area contributed by atoms with E-state index in [9.17, 15) is 14.7 Å². The number of amides is 2. The lowest BCUT2D eigenvalue weighted by atomic mass is 9.83. The summed E-state index contributed by atoms with van der Waals surface area (Å²) in [4.78, 5) is 28.2. The van der Waals surface area contributed by atoms with Crippen LogP contribution in [0.2, 0.25) is 0 Å². The van der Waals surface area contributed by atoms with Crippen molar-refractivity contribution in [1.82, 2.24) is 9.80 Å². The molecular weight excluding hydrogens is 364 g/mol. The summed E-state index contributed by atoms with van der Waals surface area (Å²) >= 11 is 0. The van der Waals surface area contributed by atoms with Crippen LogP contribution in [0.1, 0.15) is 44.2 Å². The molecular formula is C24H30N2O3. The van der Waals surface area contributed by atoms with Crippen LogP contribution in [0.5, 0.6) is 0 Å². The van der Waals surface area contributed by atoms with Crippen molar-refractivity contribution < 1.29 is 14.7 Å². The highest BCUT2D eigenvalue weighted by molar-refractivity contribution is 5.78. The summed E-state index contributed by atoms with van der Waals surface area (Å²) in [6, 6.07) is 20.0. The number of carbonyl (C=O) groups excluding carboxylic acids is 1. The molecule has 5 heteroatoms. The van der Waals surface area contributed by atoms with E-state index in [-0.39, 0.29) is 23.3 Å². The van der Waals surface area contributed by atoms with Crippen LogP contribution in [0.25, 0.3) is 0 Å². The number of carbonyl (C=O) groups is 2. The molecule has 29 heavy (non-hydrogen) atoms. The Morgan fingerprint density at radius 3 is 1.93 bits per heavy atom. The second kappa shape index (κ2) is 8.68. The van der Waals surface area contributed by atoms with Crippen LogP contribution in [0, 0.1) is 5.41 Å². The number of carboxylic acid groups (broad SMARTS) is 1. The van der Waals surface area contributed by atoms with Crippen molar-refractivity contribution in [3.8, 4) is 0 Å². The predicted octanol–water partition coefficient (Wildman–Crippen LogP) is 4.45. The smallest absolute Gasteiger partial charge is 0.407 e. The first kappa shape index (κ1) is 20.9. The standard InChI is InChI=1S/C24H30N2O3/c1-24(2,3)21-17-25(14-15-26(21)23(28)29)22(27)16-20(18-10-6-4-7-11-18)19-12-8-5-9-13-19/h4-13,20-21H,14-17H2,1-3H3,(H,28,29). The minimum Gasteiger partial charge on any atom is -0.465 e. The Bertz CT molecular complexity index is 791. The molecule has 3 rings (SSSR count). The fourth-order valence-corrected chi connectivity index (χ4v) is 4.08. The molecule has 0 saturated carbocycles. The molecule has 1 N–H and O–H groups in total. The normalized spacial score (nSPS) is 17.4. The molecule has 154 valence electrons. The summed E-state index contributed by atoms with van der Waals surface area (Å²) in [6.07, 6.45) is -0.540. The molecule has 5 nitrogen and oxygen atoms in total. The van der Waals surface area contributed by atoms with Crippen LogP contribution >= 0.6 is 0 Å². The van der Waals surface area contributed by atoms with E-state index in [0.717, 1.165) is 11.1 Å². The first-order valence-corrected chi connectivity index (χ1v) is 10.1.